The van der Waals surface area contributed by atoms with Crippen molar-refractivity contribution in [2.24, 2.45) is 0 Å². The van der Waals surface area contributed by atoms with Crippen LogP contribution >= 0.6 is 22.7 Å². The molecular formula is C16H14F2N2OS2. The van der Waals surface area contributed by atoms with Crippen molar-refractivity contribution in [2.75, 3.05) is 6.54 Å². The smallest absolute Gasteiger partial charge is 0.159 e. The van der Waals surface area contributed by atoms with Gasteiger partial charge in [0.1, 0.15) is 5.01 Å². The average Bonchev–Trinajstić information content (AvgIpc) is 3.20. The molecule has 3 aromatic rings. The first-order valence-electron chi connectivity index (χ1n) is 6.94. The van der Waals surface area contributed by atoms with Crippen molar-refractivity contribution in [3.05, 3.63) is 63.3 Å². The third-order valence-corrected chi connectivity index (χ3v) is 4.92. The number of nitrogens with zero attached hydrogens (tertiary/aromatic N) is 1. The standard InChI is InChI=1S/C16H14F2N2OS2/c17-13-2-1-10(5-14(13)18)15(21)7-19-6-12-9-23-16(20-12)11-3-4-22-8-11/h1-5,8-9,15,19,21H,6-7H2/t15-/m1/s1. The van der Waals surface area contributed by atoms with Crippen molar-refractivity contribution < 1.29 is 13.9 Å². The molecule has 0 spiro atoms. The van der Waals surface area contributed by atoms with Crippen LogP contribution in [-0.2, 0) is 6.54 Å². The van der Waals surface area contributed by atoms with Crippen LogP contribution in [0.15, 0.2) is 40.4 Å². The van der Waals surface area contributed by atoms with Crippen molar-refractivity contribution in [1.29, 1.82) is 0 Å². The van der Waals surface area contributed by atoms with Crippen LogP contribution in [0.25, 0.3) is 10.6 Å². The third-order valence-electron chi connectivity index (χ3n) is 3.29. The minimum absolute atomic E-state index is 0.233. The summed E-state index contributed by atoms with van der Waals surface area (Å²) in [7, 11) is 0. The molecule has 1 aromatic carbocycles. The summed E-state index contributed by atoms with van der Waals surface area (Å²) in [4.78, 5) is 4.52. The van der Waals surface area contributed by atoms with Gasteiger partial charge >= 0.3 is 0 Å². The molecule has 0 saturated carbocycles. The summed E-state index contributed by atoms with van der Waals surface area (Å²) >= 11 is 3.19. The maximum absolute atomic E-state index is 13.1. The number of halogens is 2. The van der Waals surface area contributed by atoms with Gasteiger partial charge in [-0.15, -0.1) is 11.3 Å². The maximum atomic E-state index is 13.1. The van der Waals surface area contributed by atoms with E-state index in [9.17, 15) is 13.9 Å². The first kappa shape index (κ1) is 16.2. The molecule has 2 aromatic heterocycles. The molecule has 3 rings (SSSR count). The first-order chi connectivity index (χ1) is 11.1. The summed E-state index contributed by atoms with van der Waals surface area (Å²) in [5, 5.41) is 20.1. The Morgan fingerprint density at radius 3 is 2.78 bits per heavy atom. The van der Waals surface area contributed by atoms with Crippen molar-refractivity contribution in [2.45, 2.75) is 12.6 Å². The van der Waals surface area contributed by atoms with Gasteiger partial charge in [0.2, 0.25) is 0 Å². The largest absolute Gasteiger partial charge is 0.387 e. The molecule has 120 valence electrons. The van der Waals surface area contributed by atoms with E-state index in [0.717, 1.165) is 28.4 Å². The zero-order valence-electron chi connectivity index (χ0n) is 12.0. The lowest BCUT2D eigenvalue weighted by atomic mass is 10.1. The molecule has 23 heavy (non-hydrogen) atoms. The molecule has 0 aliphatic carbocycles. The highest BCUT2D eigenvalue weighted by molar-refractivity contribution is 7.14. The number of aromatic nitrogens is 1. The molecule has 0 unspecified atom stereocenters. The molecule has 2 heterocycles. The summed E-state index contributed by atoms with van der Waals surface area (Å²) in [5.74, 6) is -1.88. The van der Waals surface area contributed by atoms with Crippen LogP contribution in [-0.4, -0.2) is 16.6 Å². The lowest BCUT2D eigenvalue weighted by Gasteiger charge is -2.11. The van der Waals surface area contributed by atoms with E-state index in [1.54, 1.807) is 22.7 Å². The van der Waals surface area contributed by atoms with Crippen LogP contribution in [0.5, 0.6) is 0 Å². The second kappa shape index (κ2) is 7.27. The van der Waals surface area contributed by atoms with Crippen LogP contribution in [0, 0.1) is 11.6 Å². The van der Waals surface area contributed by atoms with E-state index in [1.165, 1.54) is 6.07 Å². The number of rotatable bonds is 6. The van der Waals surface area contributed by atoms with Crippen molar-refractivity contribution in [3.63, 3.8) is 0 Å². The van der Waals surface area contributed by atoms with Gasteiger partial charge in [0.25, 0.3) is 0 Å². The van der Waals surface area contributed by atoms with Crippen LogP contribution in [0.3, 0.4) is 0 Å². The second-order valence-corrected chi connectivity index (χ2v) is 6.61. The molecule has 7 heteroatoms. The predicted molar refractivity (Wildman–Crippen MR) is 88.5 cm³/mol. The molecule has 3 nitrogen and oxygen atoms in total. The van der Waals surface area contributed by atoms with Gasteiger partial charge in [0, 0.05) is 29.4 Å². The lowest BCUT2D eigenvalue weighted by molar-refractivity contribution is 0.173. The zero-order chi connectivity index (χ0) is 16.2. The van der Waals surface area contributed by atoms with E-state index in [1.807, 2.05) is 22.2 Å². The first-order valence-corrected chi connectivity index (χ1v) is 8.76. The number of aliphatic hydroxyl groups is 1. The van der Waals surface area contributed by atoms with E-state index < -0.39 is 17.7 Å². The Kier molecular flexibility index (Phi) is 5.12. The van der Waals surface area contributed by atoms with E-state index in [-0.39, 0.29) is 6.54 Å². The zero-order valence-corrected chi connectivity index (χ0v) is 13.6. The van der Waals surface area contributed by atoms with Gasteiger partial charge in [-0.05, 0) is 29.1 Å². The van der Waals surface area contributed by atoms with Crippen LogP contribution in [0.4, 0.5) is 8.78 Å². The Morgan fingerprint density at radius 1 is 1.17 bits per heavy atom. The van der Waals surface area contributed by atoms with Crippen molar-refractivity contribution in [3.8, 4) is 10.6 Å². The summed E-state index contributed by atoms with van der Waals surface area (Å²) in [6.07, 6.45) is -0.903. The number of hydrogen-bond donors (Lipinski definition) is 2. The molecule has 0 aliphatic rings. The minimum Gasteiger partial charge on any atom is -0.387 e. The topological polar surface area (TPSA) is 45.1 Å². The predicted octanol–water partition coefficient (Wildman–Crippen LogP) is 3.97. The summed E-state index contributed by atoms with van der Waals surface area (Å²) in [5.41, 5.74) is 2.33. The van der Waals surface area contributed by atoms with Gasteiger partial charge in [-0.1, -0.05) is 6.07 Å². The molecule has 0 amide bonds. The van der Waals surface area contributed by atoms with Crippen molar-refractivity contribution in [1.82, 2.24) is 10.3 Å². The number of thiophene rings is 1. The number of thiazole rings is 1. The third kappa shape index (κ3) is 4.00. The summed E-state index contributed by atoms with van der Waals surface area (Å²) in [6, 6.07) is 5.43. The van der Waals surface area contributed by atoms with E-state index >= 15 is 0 Å². The average molecular weight is 352 g/mol. The Balaban J connectivity index is 1.54. The molecule has 0 saturated heterocycles. The quantitative estimate of drug-likeness (QED) is 0.705. The minimum atomic E-state index is -0.957. The fourth-order valence-electron chi connectivity index (χ4n) is 2.08. The second-order valence-electron chi connectivity index (χ2n) is 4.98. The highest BCUT2D eigenvalue weighted by atomic mass is 32.1. The fraction of sp³-hybridized carbons (Fsp3) is 0.188. The Bertz CT molecular complexity index is 774. The summed E-state index contributed by atoms with van der Waals surface area (Å²) in [6.45, 7) is 0.734. The maximum Gasteiger partial charge on any atom is 0.159 e. The highest BCUT2D eigenvalue weighted by Gasteiger charge is 2.11. The Hall–Kier alpha value is -1.67. The molecular weight excluding hydrogens is 338 g/mol. The van der Waals surface area contributed by atoms with Gasteiger partial charge in [-0.25, -0.2) is 13.8 Å². The van der Waals surface area contributed by atoms with E-state index in [2.05, 4.69) is 10.3 Å². The molecule has 0 fully saturated rings. The van der Waals surface area contributed by atoms with Crippen molar-refractivity contribution >= 4 is 22.7 Å². The van der Waals surface area contributed by atoms with Crippen LogP contribution in [0.1, 0.15) is 17.4 Å². The lowest BCUT2D eigenvalue weighted by Crippen LogP contribution is -2.21. The SMILES string of the molecule is O[C@H](CNCc1csc(-c2ccsc2)n1)c1ccc(F)c(F)c1. The van der Waals surface area contributed by atoms with E-state index in [4.69, 9.17) is 0 Å². The molecule has 0 bridgehead atoms. The summed E-state index contributed by atoms with van der Waals surface area (Å²) < 4.78 is 26.0. The number of benzene rings is 1. The van der Waals surface area contributed by atoms with Gasteiger partial charge < -0.3 is 10.4 Å². The molecule has 2 N–H and O–H groups in total. The van der Waals surface area contributed by atoms with Gasteiger partial charge in [-0.2, -0.15) is 11.3 Å². The normalized spacial score (nSPS) is 12.5. The fourth-order valence-corrected chi connectivity index (χ4v) is 3.61. The molecule has 0 aliphatic heterocycles. The molecule has 0 radical (unpaired) electrons. The van der Waals surface area contributed by atoms with Crippen LogP contribution in [0.2, 0.25) is 0 Å². The van der Waals surface area contributed by atoms with Gasteiger partial charge in [0.05, 0.1) is 11.8 Å². The highest BCUT2D eigenvalue weighted by Crippen LogP contribution is 2.25. The molecule has 1 atom stereocenters. The van der Waals surface area contributed by atoms with Crippen LogP contribution < -0.4 is 5.32 Å². The van der Waals surface area contributed by atoms with Gasteiger partial charge in [-0.3, -0.25) is 0 Å². The Morgan fingerprint density at radius 2 is 2.04 bits per heavy atom. The number of aliphatic hydroxyl groups excluding tert-OH is 1. The number of nitrogens with one attached hydrogen (secondary N) is 1. The monoisotopic (exact) mass is 352 g/mol. The number of hydrogen-bond acceptors (Lipinski definition) is 5. The Labute approximate surface area is 140 Å². The van der Waals surface area contributed by atoms with E-state index in [0.29, 0.717) is 12.1 Å². The van der Waals surface area contributed by atoms with Gasteiger partial charge in [0.15, 0.2) is 11.6 Å².